The number of hydrogen-bond acceptors (Lipinski definition) is 10. The maximum absolute atomic E-state index is 12.1. The van der Waals surface area contributed by atoms with Gasteiger partial charge in [0.15, 0.2) is 6.29 Å². The molecular weight excluding hydrogens is 468 g/mol. The van der Waals surface area contributed by atoms with Gasteiger partial charge in [0.05, 0.1) is 25.9 Å². The van der Waals surface area contributed by atoms with Crippen LogP contribution in [0.1, 0.15) is 36.4 Å². The Morgan fingerprint density at radius 2 is 1.46 bits per heavy atom. The number of aromatic amines is 2. The van der Waals surface area contributed by atoms with Crippen LogP contribution in [0.5, 0.6) is 0 Å². The number of H-pyrrole nitrogens is 2. The molecule has 4 rings (SSSR count). The first-order valence-corrected chi connectivity index (χ1v) is 11.1. The summed E-state index contributed by atoms with van der Waals surface area (Å²) in [6, 6.07) is 0. The molecule has 192 valence electrons. The fourth-order valence-corrected chi connectivity index (χ4v) is 4.12. The molecule has 2 aliphatic heterocycles. The first-order valence-electron chi connectivity index (χ1n) is 11.1. The van der Waals surface area contributed by atoms with Crippen molar-refractivity contribution in [2.24, 2.45) is 0 Å². The maximum Gasteiger partial charge on any atom is 0.330 e. The zero-order valence-corrected chi connectivity index (χ0v) is 19.2. The number of aliphatic hydroxyl groups excluding tert-OH is 2. The molecule has 0 aromatic carbocycles. The highest BCUT2D eigenvalue weighted by Gasteiger charge is 2.38. The summed E-state index contributed by atoms with van der Waals surface area (Å²) >= 11 is 0. The van der Waals surface area contributed by atoms with Crippen LogP contribution in [0.2, 0.25) is 0 Å². The van der Waals surface area contributed by atoms with Crippen LogP contribution in [0, 0.1) is 13.8 Å². The molecule has 0 bridgehead atoms. The van der Waals surface area contributed by atoms with Crippen LogP contribution in [-0.4, -0.2) is 73.7 Å². The van der Waals surface area contributed by atoms with E-state index in [4.69, 9.17) is 18.9 Å². The molecule has 14 heteroatoms. The Hall–Kier alpha value is -2.88. The number of ether oxygens (including phenoxy) is 4. The molecule has 4 N–H and O–H groups in total. The van der Waals surface area contributed by atoms with Crippen molar-refractivity contribution in [2.45, 2.75) is 63.7 Å². The molecule has 2 aliphatic rings. The van der Waals surface area contributed by atoms with Crippen molar-refractivity contribution in [2.75, 3.05) is 19.8 Å². The van der Waals surface area contributed by atoms with Crippen molar-refractivity contribution >= 4 is 0 Å². The van der Waals surface area contributed by atoms with E-state index in [0.29, 0.717) is 11.1 Å². The second-order valence-corrected chi connectivity index (χ2v) is 8.55. The van der Waals surface area contributed by atoms with Crippen molar-refractivity contribution in [3.63, 3.8) is 0 Å². The number of rotatable bonds is 8. The van der Waals surface area contributed by atoms with Gasteiger partial charge < -0.3 is 29.2 Å². The predicted molar refractivity (Wildman–Crippen MR) is 118 cm³/mol. The zero-order valence-electron chi connectivity index (χ0n) is 19.2. The van der Waals surface area contributed by atoms with E-state index in [1.807, 2.05) is 0 Å². The summed E-state index contributed by atoms with van der Waals surface area (Å²) in [5.41, 5.74) is -1.56. The second-order valence-electron chi connectivity index (χ2n) is 8.55. The molecule has 0 spiro atoms. The molecule has 4 heterocycles. The summed E-state index contributed by atoms with van der Waals surface area (Å²) < 4.78 is 25.2. The number of nitrogens with zero attached hydrogens (tertiary/aromatic N) is 2. The number of aliphatic hydroxyl groups is 2. The van der Waals surface area contributed by atoms with Crippen molar-refractivity contribution in [3.8, 4) is 0 Å². The van der Waals surface area contributed by atoms with E-state index in [-0.39, 0.29) is 32.7 Å². The van der Waals surface area contributed by atoms with Crippen LogP contribution in [0.3, 0.4) is 0 Å². The van der Waals surface area contributed by atoms with Gasteiger partial charge in [0.25, 0.3) is 11.1 Å². The third kappa shape index (κ3) is 5.37. The van der Waals surface area contributed by atoms with Gasteiger partial charge in [-0.1, -0.05) is 0 Å². The molecule has 2 fully saturated rings. The molecule has 2 aromatic heterocycles. The molecule has 14 nitrogen and oxygen atoms in total. The molecule has 2 saturated heterocycles. The van der Waals surface area contributed by atoms with Crippen LogP contribution in [0.4, 0.5) is 0 Å². The van der Waals surface area contributed by atoms with Gasteiger partial charge in [0, 0.05) is 36.4 Å². The Kier molecular flexibility index (Phi) is 7.49. The molecular formula is C21H28N4O10. The van der Waals surface area contributed by atoms with Crippen LogP contribution < -0.4 is 22.5 Å². The lowest BCUT2D eigenvalue weighted by Crippen LogP contribution is -2.33. The number of aryl methyl sites for hydroxylation is 2. The lowest BCUT2D eigenvalue weighted by molar-refractivity contribution is -0.186. The van der Waals surface area contributed by atoms with E-state index >= 15 is 0 Å². The van der Waals surface area contributed by atoms with Gasteiger partial charge in [0.2, 0.25) is 0 Å². The Balaban J connectivity index is 1.30. The Morgan fingerprint density at radius 3 is 2.03 bits per heavy atom. The van der Waals surface area contributed by atoms with Crippen molar-refractivity contribution < 1.29 is 29.2 Å². The molecule has 35 heavy (non-hydrogen) atoms. The highest BCUT2D eigenvalue weighted by molar-refractivity contribution is 5.03. The highest BCUT2D eigenvalue weighted by Crippen LogP contribution is 2.30. The first kappa shape index (κ1) is 25.2. The van der Waals surface area contributed by atoms with Crippen LogP contribution in [0.25, 0.3) is 0 Å². The van der Waals surface area contributed by atoms with Crippen molar-refractivity contribution in [1.82, 2.24) is 19.1 Å². The molecule has 2 aromatic rings. The summed E-state index contributed by atoms with van der Waals surface area (Å²) in [5, 5.41) is 19.9. The van der Waals surface area contributed by atoms with E-state index < -0.39 is 59.6 Å². The van der Waals surface area contributed by atoms with E-state index in [9.17, 15) is 29.4 Å². The van der Waals surface area contributed by atoms with Crippen molar-refractivity contribution in [1.29, 1.82) is 0 Å². The van der Waals surface area contributed by atoms with E-state index in [1.165, 1.54) is 21.5 Å². The van der Waals surface area contributed by atoms with Gasteiger partial charge >= 0.3 is 11.4 Å². The third-order valence-electron chi connectivity index (χ3n) is 6.02. The van der Waals surface area contributed by atoms with Gasteiger partial charge in [-0.2, -0.15) is 0 Å². The monoisotopic (exact) mass is 496 g/mol. The van der Waals surface area contributed by atoms with Gasteiger partial charge in [-0.25, -0.2) is 9.59 Å². The minimum atomic E-state index is -1.01. The number of hydrogen-bond donors (Lipinski definition) is 4. The molecule has 6 atom stereocenters. The lowest BCUT2D eigenvalue weighted by atomic mass is 10.2. The van der Waals surface area contributed by atoms with Gasteiger partial charge in [0.1, 0.15) is 24.7 Å². The van der Waals surface area contributed by atoms with Crippen LogP contribution >= 0.6 is 0 Å². The highest BCUT2D eigenvalue weighted by atomic mass is 16.7. The fraction of sp³-hybridized carbons (Fsp3) is 0.619. The largest absolute Gasteiger partial charge is 0.394 e. The Labute approximate surface area is 197 Å². The topological polar surface area (TPSA) is 187 Å². The fourth-order valence-electron chi connectivity index (χ4n) is 4.12. The summed E-state index contributed by atoms with van der Waals surface area (Å²) in [6.45, 7) is 2.89. The van der Waals surface area contributed by atoms with E-state index in [2.05, 4.69) is 9.97 Å². The lowest BCUT2D eigenvalue weighted by Gasteiger charge is -2.19. The minimum absolute atomic E-state index is 0.0328. The zero-order chi connectivity index (χ0) is 25.3. The van der Waals surface area contributed by atoms with E-state index in [0.717, 1.165) is 0 Å². The SMILES string of the molecule is Cc1cn([C@H]2CC(O)[C@@H](OCCO[C@@H]3C[C@H](n4cc(C)c(=O)[nH]c4=O)O[C@@H]3CO)O2)c(=O)[nH]c1=O. The molecule has 1 unspecified atom stereocenters. The van der Waals surface area contributed by atoms with Gasteiger partial charge in [-0.05, 0) is 13.8 Å². The summed E-state index contributed by atoms with van der Waals surface area (Å²) in [5.74, 6) is 0. The predicted octanol–water partition coefficient (Wildman–Crippen LogP) is -2.01. The summed E-state index contributed by atoms with van der Waals surface area (Å²) in [4.78, 5) is 51.8. The normalized spacial score (nSPS) is 28.6. The molecule has 0 aliphatic carbocycles. The van der Waals surface area contributed by atoms with Crippen molar-refractivity contribution in [3.05, 3.63) is 65.2 Å². The molecule has 0 saturated carbocycles. The standard InChI is InChI=1S/C21H28N4O10/c1-10-7-24(20(30)22-17(10)28)15-5-12(27)19(35-15)33-4-3-32-13-6-16(34-14(13)9-26)25-8-11(2)18(29)23-21(25)31/h7-8,12-16,19,26-27H,3-6,9H2,1-2H3,(H,22,28,30)(H,23,29,31)/t12?,13-,14-,15-,16-,19+/m1/s1. The maximum atomic E-state index is 12.1. The van der Waals surface area contributed by atoms with Crippen LogP contribution in [0.15, 0.2) is 31.6 Å². The first-order chi connectivity index (χ1) is 16.7. The number of nitrogens with one attached hydrogen (secondary N) is 2. The quantitative estimate of drug-likeness (QED) is 0.297. The van der Waals surface area contributed by atoms with E-state index in [1.54, 1.807) is 13.8 Å². The second kappa shape index (κ2) is 10.4. The molecule has 0 radical (unpaired) electrons. The average molecular weight is 496 g/mol. The third-order valence-corrected chi connectivity index (χ3v) is 6.02. The summed E-state index contributed by atoms with van der Waals surface area (Å²) in [7, 11) is 0. The summed E-state index contributed by atoms with van der Waals surface area (Å²) in [6.07, 6.45) is -1.65. The van der Waals surface area contributed by atoms with Crippen LogP contribution in [-0.2, 0) is 18.9 Å². The van der Waals surface area contributed by atoms with Gasteiger partial charge in [-0.15, -0.1) is 0 Å². The average Bonchev–Trinajstić information content (AvgIpc) is 3.39. The Bertz CT molecular complexity index is 1280. The minimum Gasteiger partial charge on any atom is -0.394 e. The number of aromatic nitrogens is 4. The Morgan fingerprint density at radius 1 is 0.914 bits per heavy atom. The smallest absolute Gasteiger partial charge is 0.330 e. The van der Waals surface area contributed by atoms with Gasteiger partial charge in [-0.3, -0.25) is 28.7 Å². The molecule has 0 amide bonds.